The molecule has 7 heteroatoms. The van der Waals surface area contributed by atoms with Gasteiger partial charge in [0.25, 0.3) is 0 Å². The summed E-state index contributed by atoms with van der Waals surface area (Å²) in [5.74, 6) is -2.24. The summed E-state index contributed by atoms with van der Waals surface area (Å²) in [6, 6.07) is 0. The third-order valence-electron chi connectivity index (χ3n) is 3.21. The molecule has 0 aliphatic carbocycles. The maximum absolute atomic E-state index is 11.9. The number of amides is 1. The van der Waals surface area contributed by atoms with Gasteiger partial charge in [-0.1, -0.05) is 13.8 Å². The number of carboxylic acids is 2. The zero-order chi connectivity index (χ0) is 15.7. The molecule has 0 aromatic rings. The first-order valence-electron chi connectivity index (χ1n) is 6.69. The van der Waals surface area contributed by atoms with Crippen LogP contribution >= 0.6 is 0 Å². The summed E-state index contributed by atoms with van der Waals surface area (Å²) in [5, 5.41) is 17.4. The Balaban J connectivity index is 4.50. The molecule has 0 spiro atoms. The summed E-state index contributed by atoms with van der Waals surface area (Å²) in [7, 11) is 0. The average Bonchev–Trinajstić information content (AvgIpc) is 2.31. The highest BCUT2D eigenvalue weighted by molar-refractivity contribution is 5.85. The second-order valence-electron chi connectivity index (χ2n) is 5.16. The number of carbonyl (C=O) groups excluding carboxylic acids is 1. The van der Waals surface area contributed by atoms with E-state index in [2.05, 4.69) is 0 Å². The Morgan fingerprint density at radius 3 is 1.90 bits per heavy atom. The smallest absolute Gasteiger partial charge is 0.323 e. The number of hydrogen-bond donors (Lipinski definition) is 3. The number of carbonyl (C=O) groups is 3. The zero-order valence-electron chi connectivity index (χ0n) is 12.0. The molecule has 0 aliphatic heterocycles. The Bertz CT molecular complexity index is 328. The minimum atomic E-state index is -1.22. The Kier molecular flexibility index (Phi) is 8.54. The maximum atomic E-state index is 11.9. The molecule has 0 aromatic heterocycles. The number of carboxylic acid groups (broad SMARTS) is 2. The summed E-state index contributed by atoms with van der Waals surface area (Å²) in [4.78, 5) is 34.0. The van der Waals surface area contributed by atoms with Crippen LogP contribution in [-0.2, 0) is 14.4 Å². The number of rotatable bonds is 10. The van der Waals surface area contributed by atoms with Crippen LogP contribution in [0.1, 0.15) is 33.1 Å². The van der Waals surface area contributed by atoms with Gasteiger partial charge in [0.2, 0.25) is 5.91 Å². The van der Waals surface area contributed by atoms with Gasteiger partial charge in [0.15, 0.2) is 0 Å². The average molecular weight is 288 g/mol. The SMILES string of the molecule is CC(C)C(CCN)CCC(=O)N(CC(=O)O)CC(=O)O. The Labute approximate surface area is 118 Å². The molecular weight excluding hydrogens is 264 g/mol. The third kappa shape index (κ3) is 7.73. The lowest BCUT2D eigenvalue weighted by Crippen LogP contribution is -2.39. The molecule has 20 heavy (non-hydrogen) atoms. The third-order valence-corrected chi connectivity index (χ3v) is 3.21. The number of nitrogens with zero attached hydrogens (tertiary/aromatic N) is 1. The summed E-state index contributed by atoms with van der Waals surface area (Å²) < 4.78 is 0. The van der Waals surface area contributed by atoms with E-state index in [0.717, 1.165) is 11.3 Å². The first-order valence-corrected chi connectivity index (χ1v) is 6.69. The standard InChI is InChI=1S/C13H24N2O5/c1-9(2)10(5-6-14)3-4-11(16)15(7-12(17)18)8-13(19)20/h9-10H,3-8,14H2,1-2H3,(H,17,18)(H,19,20). The van der Waals surface area contributed by atoms with Gasteiger partial charge in [0.1, 0.15) is 13.1 Å². The monoisotopic (exact) mass is 288 g/mol. The second kappa shape index (κ2) is 9.30. The van der Waals surface area contributed by atoms with E-state index in [9.17, 15) is 14.4 Å². The van der Waals surface area contributed by atoms with Crippen molar-refractivity contribution in [3.8, 4) is 0 Å². The van der Waals surface area contributed by atoms with E-state index in [0.29, 0.717) is 18.9 Å². The van der Waals surface area contributed by atoms with Crippen molar-refractivity contribution in [3.05, 3.63) is 0 Å². The summed E-state index contributed by atoms with van der Waals surface area (Å²) in [6.07, 6.45) is 1.52. The highest BCUT2D eigenvalue weighted by Gasteiger charge is 2.21. The second-order valence-corrected chi connectivity index (χ2v) is 5.16. The van der Waals surface area contributed by atoms with Crippen LogP contribution in [0.2, 0.25) is 0 Å². The molecule has 1 atom stereocenters. The van der Waals surface area contributed by atoms with Crippen molar-refractivity contribution >= 4 is 17.8 Å². The number of nitrogens with two attached hydrogens (primary N) is 1. The number of aliphatic carboxylic acids is 2. The molecule has 0 heterocycles. The van der Waals surface area contributed by atoms with Gasteiger partial charge in [-0.05, 0) is 31.2 Å². The summed E-state index contributed by atoms with van der Waals surface area (Å²) in [5.41, 5.74) is 5.51. The first kappa shape index (κ1) is 18.4. The van der Waals surface area contributed by atoms with E-state index in [4.69, 9.17) is 15.9 Å². The number of hydrogen-bond acceptors (Lipinski definition) is 4. The Morgan fingerprint density at radius 2 is 1.55 bits per heavy atom. The normalized spacial score (nSPS) is 12.2. The van der Waals surface area contributed by atoms with E-state index in [-0.39, 0.29) is 12.3 Å². The van der Waals surface area contributed by atoms with Gasteiger partial charge in [-0.15, -0.1) is 0 Å². The predicted molar refractivity (Wildman–Crippen MR) is 73.1 cm³/mol. The fraction of sp³-hybridized carbons (Fsp3) is 0.769. The fourth-order valence-corrected chi connectivity index (χ4v) is 2.05. The van der Waals surface area contributed by atoms with Gasteiger partial charge in [-0.3, -0.25) is 14.4 Å². The van der Waals surface area contributed by atoms with Crippen molar-refractivity contribution < 1.29 is 24.6 Å². The minimum Gasteiger partial charge on any atom is -0.480 e. The van der Waals surface area contributed by atoms with Crippen LogP contribution < -0.4 is 5.73 Å². The fourth-order valence-electron chi connectivity index (χ4n) is 2.05. The van der Waals surface area contributed by atoms with Crippen LogP contribution in [0.25, 0.3) is 0 Å². The van der Waals surface area contributed by atoms with Crippen molar-refractivity contribution in [2.75, 3.05) is 19.6 Å². The molecule has 0 rings (SSSR count). The van der Waals surface area contributed by atoms with Crippen LogP contribution in [0.3, 0.4) is 0 Å². The molecule has 116 valence electrons. The topological polar surface area (TPSA) is 121 Å². The van der Waals surface area contributed by atoms with Gasteiger partial charge in [-0.25, -0.2) is 0 Å². The lowest BCUT2D eigenvalue weighted by Gasteiger charge is -2.22. The van der Waals surface area contributed by atoms with Crippen molar-refractivity contribution in [2.45, 2.75) is 33.1 Å². The van der Waals surface area contributed by atoms with Crippen LogP contribution in [0, 0.1) is 11.8 Å². The minimum absolute atomic E-state index is 0.142. The molecule has 0 aliphatic rings. The van der Waals surface area contributed by atoms with Crippen LogP contribution in [0.5, 0.6) is 0 Å². The van der Waals surface area contributed by atoms with Crippen molar-refractivity contribution in [2.24, 2.45) is 17.6 Å². The highest BCUT2D eigenvalue weighted by Crippen LogP contribution is 2.20. The maximum Gasteiger partial charge on any atom is 0.323 e. The Hall–Kier alpha value is -1.63. The summed E-state index contributed by atoms with van der Waals surface area (Å²) in [6.45, 7) is 3.43. The lowest BCUT2D eigenvalue weighted by atomic mass is 9.88. The van der Waals surface area contributed by atoms with Crippen molar-refractivity contribution in [1.82, 2.24) is 4.90 Å². The van der Waals surface area contributed by atoms with E-state index < -0.39 is 30.9 Å². The van der Waals surface area contributed by atoms with E-state index >= 15 is 0 Å². The van der Waals surface area contributed by atoms with E-state index in [1.165, 1.54) is 0 Å². The quantitative estimate of drug-likeness (QED) is 0.534. The van der Waals surface area contributed by atoms with Crippen LogP contribution in [-0.4, -0.2) is 52.6 Å². The van der Waals surface area contributed by atoms with Gasteiger partial charge in [-0.2, -0.15) is 0 Å². The van der Waals surface area contributed by atoms with Gasteiger partial charge in [0, 0.05) is 6.42 Å². The molecule has 1 amide bonds. The molecule has 0 saturated heterocycles. The van der Waals surface area contributed by atoms with Gasteiger partial charge >= 0.3 is 11.9 Å². The lowest BCUT2D eigenvalue weighted by molar-refractivity contribution is -0.149. The molecule has 0 radical (unpaired) electrons. The van der Waals surface area contributed by atoms with Crippen molar-refractivity contribution in [1.29, 1.82) is 0 Å². The summed E-state index contributed by atoms with van der Waals surface area (Å²) >= 11 is 0. The van der Waals surface area contributed by atoms with E-state index in [1.54, 1.807) is 0 Å². The van der Waals surface area contributed by atoms with Crippen molar-refractivity contribution in [3.63, 3.8) is 0 Å². The Morgan fingerprint density at radius 1 is 1.05 bits per heavy atom. The van der Waals surface area contributed by atoms with Crippen LogP contribution in [0.15, 0.2) is 0 Å². The first-order chi connectivity index (χ1) is 9.27. The van der Waals surface area contributed by atoms with Crippen LogP contribution in [0.4, 0.5) is 0 Å². The molecule has 0 saturated carbocycles. The molecule has 0 bridgehead atoms. The molecular formula is C13H24N2O5. The van der Waals surface area contributed by atoms with E-state index in [1.807, 2.05) is 13.8 Å². The molecule has 7 nitrogen and oxygen atoms in total. The van der Waals surface area contributed by atoms with Gasteiger partial charge in [0.05, 0.1) is 0 Å². The molecule has 1 unspecified atom stereocenters. The molecule has 0 aromatic carbocycles. The van der Waals surface area contributed by atoms with Gasteiger partial charge < -0.3 is 20.8 Å². The largest absolute Gasteiger partial charge is 0.480 e. The highest BCUT2D eigenvalue weighted by atomic mass is 16.4. The predicted octanol–water partition coefficient (Wildman–Crippen LogP) is 0.385. The zero-order valence-corrected chi connectivity index (χ0v) is 12.0. The molecule has 4 N–H and O–H groups in total. The molecule has 0 fully saturated rings.